The standard InChI is InChI=1S/C11H11F2N3O/c1-6-3-9(13)10(4-8(6)12)14-5-11-16-15-7(2)17-11/h3-4,14H,5H2,1-2H3. The molecule has 0 bridgehead atoms. The number of nitrogens with zero attached hydrogens (tertiary/aromatic N) is 2. The van der Waals surface area contributed by atoms with Crippen LogP contribution in [-0.4, -0.2) is 10.2 Å². The number of anilines is 1. The van der Waals surface area contributed by atoms with Crippen LogP contribution < -0.4 is 5.32 Å². The van der Waals surface area contributed by atoms with Crippen LogP contribution in [0.3, 0.4) is 0 Å². The van der Waals surface area contributed by atoms with Gasteiger partial charge in [-0.1, -0.05) is 0 Å². The minimum Gasteiger partial charge on any atom is -0.424 e. The fourth-order valence-corrected chi connectivity index (χ4v) is 1.36. The van der Waals surface area contributed by atoms with E-state index in [2.05, 4.69) is 15.5 Å². The molecule has 1 N–H and O–H groups in total. The number of aromatic nitrogens is 2. The van der Waals surface area contributed by atoms with Crippen molar-refractivity contribution in [3.8, 4) is 0 Å². The molecule has 0 saturated carbocycles. The van der Waals surface area contributed by atoms with Gasteiger partial charge in [0, 0.05) is 13.0 Å². The van der Waals surface area contributed by atoms with Crippen LogP contribution >= 0.6 is 0 Å². The zero-order valence-electron chi connectivity index (χ0n) is 9.42. The molecule has 90 valence electrons. The van der Waals surface area contributed by atoms with Crippen LogP contribution in [-0.2, 0) is 6.54 Å². The Morgan fingerprint density at radius 3 is 2.59 bits per heavy atom. The summed E-state index contributed by atoms with van der Waals surface area (Å²) in [6.07, 6.45) is 0. The first-order chi connectivity index (χ1) is 8.06. The van der Waals surface area contributed by atoms with E-state index in [-0.39, 0.29) is 17.8 Å². The van der Waals surface area contributed by atoms with Gasteiger partial charge in [-0.05, 0) is 18.6 Å². The predicted octanol–water partition coefficient (Wildman–Crippen LogP) is 2.58. The highest BCUT2D eigenvalue weighted by Crippen LogP contribution is 2.19. The number of hydrogen-bond acceptors (Lipinski definition) is 4. The van der Waals surface area contributed by atoms with Crippen LogP contribution in [0.15, 0.2) is 16.5 Å². The topological polar surface area (TPSA) is 51.0 Å². The first kappa shape index (κ1) is 11.5. The summed E-state index contributed by atoms with van der Waals surface area (Å²) in [5.41, 5.74) is 0.339. The lowest BCUT2D eigenvalue weighted by Gasteiger charge is -2.06. The van der Waals surface area contributed by atoms with Crippen molar-refractivity contribution in [2.75, 3.05) is 5.32 Å². The summed E-state index contributed by atoms with van der Waals surface area (Å²) in [6.45, 7) is 3.31. The fourth-order valence-electron chi connectivity index (χ4n) is 1.36. The van der Waals surface area contributed by atoms with Gasteiger partial charge in [0.15, 0.2) is 0 Å². The smallest absolute Gasteiger partial charge is 0.235 e. The normalized spacial score (nSPS) is 10.6. The molecule has 0 radical (unpaired) electrons. The Labute approximate surface area is 96.7 Å². The summed E-state index contributed by atoms with van der Waals surface area (Å²) in [4.78, 5) is 0. The summed E-state index contributed by atoms with van der Waals surface area (Å²) in [7, 11) is 0. The highest BCUT2D eigenvalue weighted by atomic mass is 19.1. The summed E-state index contributed by atoms with van der Waals surface area (Å²) >= 11 is 0. The molecule has 0 spiro atoms. The third-order valence-corrected chi connectivity index (χ3v) is 2.25. The first-order valence-corrected chi connectivity index (χ1v) is 5.05. The third kappa shape index (κ3) is 2.58. The molecular weight excluding hydrogens is 228 g/mol. The lowest BCUT2D eigenvalue weighted by atomic mass is 10.2. The van der Waals surface area contributed by atoms with Gasteiger partial charge in [0.25, 0.3) is 0 Å². The van der Waals surface area contributed by atoms with Crippen molar-refractivity contribution in [2.45, 2.75) is 20.4 Å². The van der Waals surface area contributed by atoms with Gasteiger partial charge in [0.05, 0.1) is 12.2 Å². The van der Waals surface area contributed by atoms with Crippen LogP contribution in [0.1, 0.15) is 17.3 Å². The summed E-state index contributed by atoms with van der Waals surface area (Å²) in [5.74, 6) is -0.226. The quantitative estimate of drug-likeness (QED) is 0.894. The van der Waals surface area contributed by atoms with Crippen molar-refractivity contribution >= 4 is 5.69 Å². The van der Waals surface area contributed by atoms with E-state index in [4.69, 9.17) is 4.42 Å². The first-order valence-electron chi connectivity index (χ1n) is 5.05. The second-order valence-electron chi connectivity index (χ2n) is 3.65. The molecule has 1 aromatic carbocycles. The van der Waals surface area contributed by atoms with Crippen LogP contribution in [0.2, 0.25) is 0 Å². The largest absolute Gasteiger partial charge is 0.424 e. The van der Waals surface area contributed by atoms with Crippen molar-refractivity contribution in [3.63, 3.8) is 0 Å². The summed E-state index contributed by atoms with van der Waals surface area (Å²) in [5, 5.41) is 10.1. The highest BCUT2D eigenvalue weighted by Gasteiger charge is 2.08. The second-order valence-corrected chi connectivity index (χ2v) is 3.65. The van der Waals surface area contributed by atoms with E-state index in [0.29, 0.717) is 11.8 Å². The maximum atomic E-state index is 13.4. The van der Waals surface area contributed by atoms with Crippen LogP contribution in [0.4, 0.5) is 14.5 Å². The van der Waals surface area contributed by atoms with Crippen molar-refractivity contribution in [2.24, 2.45) is 0 Å². The second kappa shape index (κ2) is 4.48. The van der Waals surface area contributed by atoms with Crippen molar-refractivity contribution < 1.29 is 13.2 Å². The number of aryl methyl sites for hydroxylation is 2. The molecule has 1 aromatic heterocycles. The molecule has 2 aromatic rings. The van der Waals surface area contributed by atoms with E-state index < -0.39 is 11.6 Å². The van der Waals surface area contributed by atoms with E-state index in [1.165, 1.54) is 6.92 Å². The van der Waals surface area contributed by atoms with E-state index in [1.54, 1.807) is 6.92 Å². The van der Waals surface area contributed by atoms with Gasteiger partial charge in [-0.2, -0.15) is 0 Å². The van der Waals surface area contributed by atoms with Crippen molar-refractivity contribution in [1.29, 1.82) is 0 Å². The van der Waals surface area contributed by atoms with Gasteiger partial charge in [-0.3, -0.25) is 0 Å². The number of rotatable bonds is 3. The van der Waals surface area contributed by atoms with Crippen LogP contribution in [0.5, 0.6) is 0 Å². The molecule has 6 heteroatoms. The molecule has 0 aliphatic rings. The lowest BCUT2D eigenvalue weighted by Crippen LogP contribution is -2.03. The van der Waals surface area contributed by atoms with Gasteiger partial charge in [0.2, 0.25) is 11.8 Å². The molecule has 0 unspecified atom stereocenters. The molecule has 0 saturated heterocycles. The maximum Gasteiger partial charge on any atom is 0.235 e. The van der Waals surface area contributed by atoms with E-state index in [1.807, 2.05) is 0 Å². The minimum atomic E-state index is -0.514. The Hall–Kier alpha value is -1.98. The lowest BCUT2D eigenvalue weighted by molar-refractivity contribution is 0.474. The van der Waals surface area contributed by atoms with Gasteiger partial charge >= 0.3 is 0 Å². The zero-order chi connectivity index (χ0) is 12.4. The zero-order valence-corrected chi connectivity index (χ0v) is 9.42. The molecule has 0 aliphatic carbocycles. The Kier molecular flexibility index (Phi) is 3.03. The van der Waals surface area contributed by atoms with Crippen molar-refractivity contribution in [1.82, 2.24) is 10.2 Å². The SMILES string of the molecule is Cc1nnc(CNc2cc(F)c(C)cc2F)o1. The van der Waals surface area contributed by atoms with E-state index in [9.17, 15) is 8.78 Å². The third-order valence-electron chi connectivity index (χ3n) is 2.25. The predicted molar refractivity (Wildman–Crippen MR) is 57.5 cm³/mol. The Bertz CT molecular complexity index is 540. The van der Waals surface area contributed by atoms with Crippen molar-refractivity contribution in [3.05, 3.63) is 41.1 Å². The molecule has 1 heterocycles. The molecule has 4 nitrogen and oxygen atoms in total. The van der Waals surface area contributed by atoms with E-state index in [0.717, 1.165) is 12.1 Å². The molecule has 0 aliphatic heterocycles. The van der Waals surface area contributed by atoms with Crippen LogP contribution in [0.25, 0.3) is 0 Å². The minimum absolute atomic E-state index is 0.0731. The average Bonchev–Trinajstić information content (AvgIpc) is 2.68. The summed E-state index contributed by atoms with van der Waals surface area (Å²) in [6, 6.07) is 2.24. The summed E-state index contributed by atoms with van der Waals surface area (Å²) < 4.78 is 31.8. The maximum absolute atomic E-state index is 13.4. The number of halogens is 2. The molecule has 17 heavy (non-hydrogen) atoms. The molecule has 0 fully saturated rings. The van der Waals surface area contributed by atoms with Gasteiger partial charge in [0.1, 0.15) is 11.6 Å². The molecule has 0 atom stereocenters. The Balaban J connectivity index is 2.11. The van der Waals surface area contributed by atoms with Gasteiger partial charge in [-0.15, -0.1) is 10.2 Å². The molecule has 2 rings (SSSR count). The van der Waals surface area contributed by atoms with Crippen LogP contribution in [0, 0.1) is 25.5 Å². The fraction of sp³-hybridized carbons (Fsp3) is 0.273. The molecule has 0 amide bonds. The van der Waals surface area contributed by atoms with E-state index >= 15 is 0 Å². The Morgan fingerprint density at radius 2 is 1.94 bits per heavy atom. The number of hydrogen-bond donors (Lipinski definition) is 1. The average molecular weight is 239 g/mol. The van der Waals surface area contributed by atoms with Gasteiger partial charge < -0.3 is 9.73 Å². The number of nitrogens with one attached hydrogen (secondary N) is 1. The number of benzene rings is 1. The molecular formula is C11H11F2N3O. The monoisotopic (exact) mass is 239 g/mol. The highest BCUT2D eigenvalue weighted by molar-refractivity contribution is 5.46. The van der Waals surface area contributed by atoms with Gasteiger partial charge in [-0.25, -0.2) is 8.78 Å². The Morgan fingerprint density at radius 1 is 1.18 bits per heavy atom.